The molecule has 0 saturated carbocycles. The van der Waals surface area contributed by atoms with Gasteiger partial charge in [0.15, 0.2) is 5.57 Å². The van der Waals surface area contributed by atoms with Crippen LogP contribution in [-0.2, 0) is 14.3 Å². The fourth-order valence-electron chi connectivity index (χ4n) is 1.03. The molecular formula is C11H9NO6. The second-order valence-electron chi connectivity index (χ2n) is 3.03. The van der Waals surface area contributed by atoms with Crippen molar-refractivity contribution in [2.24, 2.45) is 0 Å². The molecule has 1 aromatic carbocycles. The molecular weight excluding hydrogens is 242 g/mol. The van der Waals surface area contributed by atoms with Crippen LogP contribution in [0.15, 0.2) is 42.1 Å². The number of para-hydroxylation sites is 1. The van der Waals surface area contributed by atoms with E-state index in [9.17, 15) is 14.4 Å². The van der Waals surface area contributed by atoms with E-state index in [0.717, 1.165) is 6.20 Å². The molecule has 0 aromatic heterocycles. The first-order valence-electron chi connectivity index (χ1n) is 4.71. The molecule has 3 N–H and O–H groups in total. The summed E-state index contributed by atoms with van der Waals surface area (Å²) in [4.78, 5) is 32.0. The molecule has 0 atom stereocenters. The molecule has 0 fully saturated rings. The van der Waals surface area contributed by atoms with Crippen LogP contribution in [-0.4, -0.2) is 28.3 Å². The lowest BCUT2D eigenvalue weighted by atomic mass is 10.3. The first kappa shape index (κ1) is 13.2. The molecule has 7 nitrogen and oxygen atoms in total. The molecule has 0 heterocycles. The van der Waals surface area contributed by atoms with E-state index in [1.807, 2.05) is 0 Å². The van der Waals surface area contributed by atoms with E-state index in [-0.39, 0.29) is 0 Å². The van der Waals surface area contributed by atoms with Crippen molar-refractivity contribution in [2.75, 3.05) is 5.32 Å². The Kier molecular flexibility index (Phi) is 4.44. The number of esters is 1. The van der Waals surface area contributed by atoms with Gasteiger partial charge < -0.3 is 20.3 Å². The summed E-state index contributed by atoms with van der Waals surface area (Å²) in [6.07, 6.45) is -1.00. The van der Waals surface area contributed by atoms with Gasteiger partial charge in [0.1, 0.15) is 0 Å². The number of benzene rings is 1. The van der Waals surface area contributed by atoms with E-state index >= 15 is 0 Å². The third-order valence-corrected chi connectivity index (χ3v) is 1.79. The van der Waals surface area contributed by atoms with Crippen LogP contribution in [0.1, 0.15) is 0 Å². The minimum absolute atomic E-state index is 0.541. The number of hydrogen-bond acceptors (Lipinski definition) is 5. The maximum atomic E-state index is 11.1. The topological polar surface area (TPSA) is 113 Å². The summed E-state index contributed by atoms with van der Waals surface area (Å²) >= 11 is 0. The van der Waals surface area contributed by atoms with E-state index in [4.69, 9.17) is 10.2 Å². The highest BCUT2D eigenvalue weighted by molar-refractivity contribution is 6.15. The number of carbonyl (C=O) groups excluding carboxylic acids is 1. The summed E-state index contributed by atoms with van der Waals surface area (Å²) in [6, 6.07) is 8.43. The third-order valence-electron chi connectivity index (χ3n) is 1.79. The molecule has 7 heteroatoms. The van der Waals surface area contributed by atoms with Gasteiger partial charge in [0.2, 0.25) is 0 Å². The summed E-state index contributed by atoms with van der Waals surface area (Å²) in [7, 11) is 0. The van der Waals surface area contributed by atoms with Crippen LogP contribution in [0.5, 0.6) is 0 Å². The fraction of sp³-hybridized carbons (Fsp3) is 0. The quantitative estimate of drug-likeness (QED) is 0.320. The Balaban J connectivity index is 2.82. The van der Waals surface area contributed by atoms with E-state index in [0.29, 0.717) is 5.69 Å². The lowest BCUT2D eigenvalue weighted by molar-refractivity contribution is -0.141. The van der Waals surface area contributed by atoms with E-state index < -0.39 is 23.7 Å². The Morgan fingerprint density at radius 1 is 1.11 bits per heavy atom. The van der Waals surface area contributed by atoms with Gasteiger partial charge in [0.05, 0.1) is 0 Å². The van der Waals surface area contributed by atoms with Gasteiger partial charge in [-0.15, -0.1) is 0 Å². The van der Waals surface area contributed by atoms with Crippen LogP contribution in [0.4, 0.5) is 10.5 Å². The number of carboxylic acid groups (broad SMARTS) is 2. The predicted molar refractivity (Wildman–Crippen MR) is 59.9 cm³/mol. The van der Waals surface area contributed by atoms with Crippen LogP contribution in [0.3, 0.4) is 0 Å². The molecule has 0 aliphatic rings. The molecule has 1 rings (SSSR count). The standard InChI is InChI=1S/C11H9NO6/c13-9(14)8(10(15)18-11(16)17)6-12-7-4-2-1-3-5-7/h1-6,12H,(H,13,14)(H,16,17). The van der Waals surface area contributed by atoms with Crippen molar-refractivity contribution in [2.45, 2.75) is 0 Å². The summed E-state index contributed by atoms with van der Waals surface area (Å²) < 4.78 is 3.75. The fourth-order valence-corrected chi connectivity index (χ4v) is 1.03. The monoisotopic (exact) mass is 251 g/mol. The Morgan fingerprint density at radius 2 is 1.72 bits per heavy atom. The average molecular weight is 251 g/mol. The molecule has 94 valence electrons. The van der Waals surface area contributed by atoms with Crippen molar-refractivity contribution in [1.29, 1.82) is 0 Å². The number of anilines is 1. The van der Waals surface area contributed by atoms with Gasteiger partial charge in [-0.25, -0.2) is 14.4 Å². The summed E-state index contributed by atoms with van der Waals surface area (Å²) in [6.45, 7) is 0. The highest BCUT2D eigenvalue weighted by Gasteiger charge is 2.21. The maximum Gasteiger partial charge on any atom is 0.513 e. The van der Waals surface area contributed by atoms with Crippen molar-refractivity contribution in [3.63, 3.8) is 0 Å². The van der Waals surface area contributed by atoms with Crippen molar-refractivity contribution in [3.05, 3.63) is 42.1 Å². The minimum Gasteiger partial charge on any atom is -0.477 e. The minimum atomic E-state index is -1.87. The zero-order valence-electron chi connectivity index (χ0n) is 8.99. The Labute approximate surface area is 101 Å². The van der Waals surface area contributed by atoms with Gasteiger partial charge in [0.25, 0.3) is 0 Å². The van der Waals surface area contributed by atoms with Gasteiger partial charge in [-0.3, -0.25) is 0 Å². The molecule has 0 saturated heterocycles. The van der Waals surface area contributed by atoms with Crippen LogP contribution >= 0.6 is 0 Å². The second kappa shape index (κ2) is 6.04. The molecule has 1 aromatic rings. The van der Waals surface area contributed by atoms with Gasteiger partial charge in [-0.05, 0) is 12.1 Å². The van der Waals surface area contributed by atoms with Gasteiger partial charge in [-0.2, -0.15) is 0 Å². The van der Waals surface area contributed by atoms with Crippen molar-refractivity contribution < 1.29 is 29.3 Å². The Morgan fingerprint density at radius 3 is 2.22 bits per heavy atom. The van der Waals surface area contributed by atoms with E-state index in [2.05, 4.69) is 10.1 Å². The smallest absolute Gasteiger partial charge is 0.477 e. The lowest BCUT2D eigenvalue weighted by Crippen LogP contribution is -2.19. The van der Waals surface area contributed by atoms with E-state index in [1.54, 1.807) is 30.3 Å². The van der Waals surface area contributed by atoms with Crippen LogP contribution in [0, 0.1) is 0 Å². The number of ether oxygens (including phenoxy) is 1. The normalized spacial score (nSPS) is 10.6. The number of carbonyl (C=O) groups is 3. The predicted octanol–water partition coefficient (Wildman–Crippen LogP) is 1.29. The molecule has 0 bridgehead atoms. The largest absolute Gasteiger partial charge is 0.513 e. The number of nitrogens with one attached hydrogen (secondary N) is 1. The summed E-state index contributed by atoms with van der Waals surface area (Å²) in [5.41, 5.74) is -0.277. The Bertz CT molecular complexity index is 494. The highest BCUT2D eigenvalue weighted by Crippen LogP contribution is 2.07. The van der Waals surface area contributed by atoms with Gasteiger partial charge in [-0.1, -0.05) is 18.2 Å². The van der Waals surface area contributed by atoms with Crippen molar-refractivity contribution in [3.8, 4) is 0 Å². The summed E-state index contributed by atoms with van der Waals surface area (Å²) in [5.74, 6) is -3.05. The summed E-state index contributed by atoms with van der Waals surface area (Å²) in [5, 5.41) is 19.5. The zero-order chi connectivity index (χ0) is 13.5. The number of aliphatic carboxylic acids is 1. The van der Waals surface area contributed by atoms with Crippen LogP contribution in [0.25, 0.3) is 0 Å². The van der Waals surface area contributed by atoms with Crippen molar-refractivity contribution >= 4 is 23.8 Å². The Hall–Kier alpha value is -2.83. The van der Waals surface area contributed by atoms with Crippen LogP contribution < -0.4 is 5.32 Å². The molecule has 0 aliphatic heterocycles. The zero-order valence-corrected chi connectivity index (χ0v) is 8.99. The first-order chi connectivity index (χ1) is 8.50. The number of hydrogen-bond donors (Lipinski definition) is 3. The maximum absolute atomic E-state index is 11.1. The van der Waals surface area contributed by atoms with Gasteiger partial charge in [0, 0.05) is 11.9 Å². The van der Waals surface area contributed by atoms with Gasteiger partial charge >= 0.3 is 18.1 Å². The first-order valence-corrected chi connectivity index (χ1v) is 4.71. The molecule has 0 unspecified atom stereocenters. The lowest BCUT2D eigenvalue weighted by Gasteiger charge is -2.02. The highest BCUT2D eigenvalue weighted by atomic mass is 16.7. The van der Waals surface area contributed by atoms with Crippen LogP contribution in [0.2, 0.25) is 0 Å². The molecule has 0 amide bonds. The molecule has 0 radical (unpaired) electrons. The van der Waals surface area contributed by atoms with E-state index in [1.165, 1.54) is 0 Å². The second-order valence-corrected chi connectivity index (χ2v) is 3.03. The molecule has 18 heavy (non-hydrogen) atoms. The molecule has 0 spiro atoms. The molecule has 0 aliphatic carbocycles. The third kappa shape index (κ3) is 3.97. The average Bonchev–Trinajstić information content (AvgIpc) is 2.29. The number of carboxylic acids is 1. The SMILES string of the molecule is O=C(O)OC(=O)C(=CNc1ccccc1)C(=O)O. The number of rotatable bonds is 4. The van der Waals surface area contributed by atoms with Crippen molar-refractivity contribution in [1.82, 2.24) is 0 Å².